The van der Waals surface area contributed by atoms with Gasteiger partial charge < -0.3 is 4.74 Å². The topological polar surface area (TPSA) is 26.3 Å². The summed E-state index contributed by atoms with van der Waals surface area (Å²) in [6.07, 6.45) is 1.28. The van der Waals surface area contributed by atoms with Crippen LogP contribution in [0.3, 0.4) is 0 Å². The van der Waals surface area contributed by atoms with E-state index in [9.17, 15) is 9.18 Å². The van der Waals surface area contributed by atoms with Crippen molar-refractivity contribution in [3.05, 3.63) is 65.0 Å². The van der Waals surface area contributed by atoms with Gasteiger partial charge in [-0.25, -0.2) is 4.39 Å². The fourth-order valence-corrected chi connectivity index (χ4v) is 2.01. The van der Waals surface area contributed by atoms with Crippen LogP contribution >= 0.6 is 0 Å². The molecule has 2 aromatic carbocycles. The summed E-state index contributed by atoms with van der Waals surface area (Å²) in [5, 5.41) is 0. The smallest absolute Gasteiger partial charge is 0.167 e. The van der Waals surface area contributed by atoms with Crippen LogP contribution < -0.4 is 4.74 Å². The zero-order chi connectivity index (χ0) is 14.5. The van der Waals surface area contributed by atoms with Crippen LogP contribution in [0.5, 0.6) is 5.75 Å². The summed E-state index contributed by atoms with van der Waals surface area (Å²) >= 11 is 0. The predicted octanol–water partition coefficient (Wildman–Crippen LogP) is 3.82. The minimum absolute atomic E-state index is 0.0486. The Morgan fingerprint density at radius 2 is 1.75 bits per heavy atom. The number of halogens is 1. The molecular weight excluding hydrogens is 255 g/mol. The van der Waals surface area contributed by atoms with Crippen molar-refractivity contribution in [1.29, 1.82) is 0 Å². The Kier molecular flexibility index (Phi) is 4.51. The molecule has 0 N–H and O–H groups in total. The Labute approximate surface area is 118 Å². The lowest BCUT2D eigenvalue weighted by molar-refractivity contribution is 0.0992. The highest BCUT2D eigenvalue weighted by Gasteiger charge is 2.11. The van der Waals surface area contributed by atoms with Gasteiger partial charge in [0.25, 0.3) is 0 Å². The monoisotopic (exact) mass is 272 g/mol. The first kappa shape index (κ1) is 14.3. The van der Waals surface area contributed by atoms with Crippen molar-refractivity contribution in [1.82, 2.24) is 0 Å². The van der Waals surface area contributed by atoms with E-state index < -0.39 is 5.82 Å². The van der Waals surface area contributed by atoms with Crippen LogP contribution in [0.1, 0.15) is 28.4 Å². The van der Waals surface area contributed by atoms with Crippen molar-refractivity contribution < 1.29 is 13.9 Å². The lowest BCUT2D eigenvalue weighted by Crippen LogP contribution is -2.04. The molecule has 0 atom stereocenters. The van der Waals surface area contributed by atoms with Crippen LogP contribution in [0.2, 0.25) is 0 Å². The number of methoxy groups -OCH3 is 1. The minimum Gasteiger partial charge on any atom is -0.494 e. The van der Waals surface area contributed by atoms with E-state index in [0.717, 1.165) is 12.0 Å². The summed E-state index contributed by atoms with van der Waals surface area (Å²) in [6.45, 7) is 2.09. The van der Waals surface area contributed by atoms with E-state index in [2.05, 4.69) is 6.92 Å². The third kappa shape index (κ3) is 3.23. The maximum absolute atomic E-state index is 13.3. The summed E-state index contributed by atoms with van der Waals surface area (Å²) in [5.74, 6) is -0.416. The molecule has 2 nitrogen and oxygen atoms in total. The highest BCUT2D eigenvalue weighted by atomic mass is 19.1. The number of Topliss-reactive ketones (excluding diaryl/α,β-unsaturated/α-hetero) is 1. The van der Waals surface area contributed by atoms with Gasteiger partial charge in [-0.2, -0.15) is 0 Å². The molecule has 0 unspecified atom stereocenters. The molecule has 0 aromatic heterocycles. The van der Waals surface area contributed by atoms with E-state index in [1.807, 2.05) is 24.3 Å². The van der Waals surface area contributed by atoms with E-state index in [0.29, 0.717) is 12.0 Å². The van der Waals surface area contributed by atoms with Crippen molar-refractivity contribution >= 4 is 5.78 Å². The number of carbonyl (C=O) groups excluding carboxylic acids is 1. The van der Waals surface area contributed by atoms with Gasteiger partial charge in [-0.3, -0.25) is 4.79 Å². The highest BCUT2D eigenvalue weighted by Crippen LogP contribution is 2.19. The van der Waals surface area contributed by atoms with Gasteiger partial charge in [0.1, 0.15) is 0 Å². The minimum atomic E-state index is -0.462. The maximum Gasteiger partial charge on any atom is 0.167 e. The first-order valence-corrected chi connectivity index (χ1v) is 6.58. The fraction of sp³-hybridized carbons (Fsp3) is 0.235. The number of aryl methyl sites for hydroxylation is 1. The van der Waals surface area contributed by atoms with Crippen molar-refractivity contribution in [2.45, 2.75) is 19.8 Å². The predicted molar refractivity (Wildman–Crippen MR) is 76.8 cm³/mol. The van der Waals surface area contributed by atoms with Crippen molar-refractivity contribution in [2.75, 3.05) is 7.11 Å². The summed E-state index contributed by atoms with van der Waals surface area (Å²) in [7, 11) is 1.39. The summed E-state index contributed by atoms with van der Waals surface area (Å²) in [4.78, 5) is 12.2. The van der Waals surface area contributed by atoms with Crippen LogP contribution in [-0.4, -0.2) is 12.9 Å². The van der Waals surface area contributed by atoms with Crippen LogP contribution in [0.15, 0.2) is 42.5 Å². The van der Waals surface area contributed by atoms with Gasteiger partial charge in [0.15, 0.2) is 17.3 Å². The Balaban J connectivity index is 2.14. The summed E-state index contributed by atoms with van der Waals surface area (Å²) in [5.41, 5.74) is 2.66. The second-order valence-electron chi connectivity index (χ2n) is 4.62. The van der Waals surface area contributed by atoms with Crippen LogP contribution in [-0.2, 0) is 12.8 Å². The van der Waals surface area contributed by atoms with E-state index in [1.165, 1.54) is 30.9 Å². The Hall–Kier alpha value is -2.16. The molecule has 0 heterocycles. The Bertz CT molecular complexity index is 603. The number of hydrogen-bond acceptors (Lipinski definition) is 2. The van der Waals surface area contributed by atoms with Crippen LogP contribution in [0, 0.1) is 5.82 Å². The molecule has 0 fully saturated rings. The summed E-state index contributed by atoms with van der Waals surface area (Å²) < 4.78 is 18.2. The molecular formula is C17H17FO2. The zero-order valence-corrected chi connectivity index (χ0v) is 11.7. The Morgan fingerprint density at radius 3 is 2.35 bits per heavy atom. The SMILES string of the molecule is CCc1ccc(CC(=O)c2ccc(F)c(OC)c2)cc1. The number of ketones is 1. The number of benzene rings is 2. The third-order valence-electron chi connectivity index (χ3n) is 3.27. The molecule has 2 rings (SSSR count). The van der Waals surface area contributed by atoms with Gasteiger partial charge >= 0.3 is 0 Å². The summed E-state index contributed by atoms with van der Waals surface area (Å²) in [6, 6.07) is 12.1. The van der Waals surface area contributed by atoms with Gasteiger partial charge in [0.2, 0.25) is 0 Å². The first-order chi connectivity index (χ1) is 9.63. The fourth-order valence-electron chi connectivity index (χ4n) is 2.01. The number of carbonyl (C=O) groups is 1. The molecule has 104 valence electrons. The quantitative estimate of drug-likeness (QED) is 0.773. The molecule has 0 aliphatic carbocycles. The molecule has 0 bridgehead atoms. The highest BCUT2D eigenvalue weighted by molar-refractivity contribution is 5.97. The lowest BCUT2D eigenvalue weighted by atomic mass is 10.0. The average Bonchev–Trinajstić information content (AvgIpc) is 2.48. The largest absolute Gasteiger partial charge is 0.494 e. The molecule has 2 aromatic rings. The van der Waals surface area contributed by atoms with Crippen LogP contribution in [0.25, 0.3) is 0 Å². The zero-order valence-electron chi connectivity index (χ0n) is 11.7. The second kappa shape index (κ2) is 6.33. The third-order valence-corrected chi connectivity index (χ3v) is 3.27. The standard InChI is InChI=1S/C17H17FO2/c1-3-12-4-6-13(7-5-12)10-16(19)14-8-9-15(18)17(11-14)20-2/h4-9,11H,3,10H2,1-2H3. The van der Waals surface area contributed by atoms with E-state index in [1.54, 1.807) is 0 Å². The van der Waals surface area contributed by atoms with Crippen molar-refractivity contribution in [3.8, 4) is 5.75 Å². The molecule has 0 saturated heterocycles. The van der Waals surface area contributed by atoms with Crippen molar-refractivity contribution in [2.24, 2.45) is 0 Å². The number of ether oxygens (including phenoxy) is 1. The molecule has 0 amide bonds. The van der Waals surface area contributed by atoms with E-state index >= 15 is 0 Å². The second-order valence-corrected chi connectivity index (χ2v) is 4.62. The van der Waals surface area contributed by atoms with Crippen molar-refractivity contribution in [3.63, 3.8) is 0 Å². The maximum atomic E-state index is 13.3. The number of hydrogen-bond donors (Lipinski definition) is 0. The molecule has 20 heavy (non-hydrogen) atoms. The Morgan fingerprint density at radius 1 is 1.10 bits per heavy atom. The lowest BCUT2D eigenvalue weighted by Gasteiger charge is -2.06. The van der Waals surface area contributed by atoms with Gasteiger partial charge in [-0.1, -0.05) is 31.2 Å². The first-order valence-electron chi connectivity index (χ1n) is 6.58. The molecule has 0 aliphatic rings. The molecule has 0 spiro atoms. The molecule has 0 aliphatic heterocycles. The van der Waals surface area contributed by atoms with E-state index in [4.69, 9.17) is 4.74 Å². The number of rotatable bonds is 5. The van der Waals surface area contributed by atoms with Crippen LogP contribution in [0.4, 0.5) is 4.39 Å². The normalized spacial score (nSPS) is 10.3. The van der Waals surface area contributed by atoms with Gasteiger partial charge in [0.05, 0.1) is 7.11 Å². The van der Waals surface area contributed by atoms with Gasteiger partial charge in [-0.05, 0) is 35.7 Å². The molecule has 0 saturated carbocycles. The van der Waals surface area contributed by atoms with Gasteiger partial charge in [0, 0.05) is 12.0 Å². The molecule has 3 heteroatoms. The average molecular weight is 272 g/mol. The van der Waals surface area contributed by atoms with Gasteiger partial charge in [-0.15, -0.1) is 0 Å². The molecule has 0 radical (unpaired) electrons. The van der Waals surface area contributed by atoms with E-state index in [-0.39, 0.29) is 11.5 Å².